The number of hydrogen-bond donors (Lipinski definition) is 0. The predicted molar refractivity (Wildman–Crippen MR) is 123 cm³/mol. The summed E-state index contributed by atoms with van der Waals surface area (Å²) in [6, 6.07) is 9.23. The van der Waals surface area contributed by atoms with E-state index in [9.17, 15) is 14.4 Å². The van der Waals surface area contributed by atoms with Gasteiger partial charge in [0.1, 0.15) is 12.3 Å². The van der Waals surface area contributed by atoms with Crippen molar-refractivity contribution in [2.75, 3.05) is 33.3 Å². The molecule has 2 heterocycles. The summed E-state index contributed by atoms with van der Waals surface area (Å²) in [7, 11) is 1.62. The summed E-state index contributed by atoms with van der Waals surface area (Å²) in [6.45, 7) is 7.26. The predicted octanol–water partition coefficient (Wildman–Crippen LogP) is 3.49. The minimum Gasteiger partial charge on any atom is -0.497 e. The van der Waals surface area contributed by atoms with Gasteiger partial charge in [0.05, 0.1) is 30.3 Å². The first-order chi connectivity index (χ1) is 15.3. The van der Waals surface area contributed by atoms with Gasteiger partial charge in [-0.3, -0.25) is 14.4 Å². The van der Waals surface area contributed by atoms with Crippen LogP contribution in [0.15, 0.2) is 35.7 Å². The number of Topliss-reactive ketones (excluding diaryl/α,β-unsaturated/α-hetero) is 1. The van der Waals surface area contributed by atoms with E-state index in [0.717, 1.165) is 11.3 Å². The number of benzene rings is 1. The number of rotatable bonds is 8. The molecule has 2 amide bonds. The van der Waals surface area contributed by atoms with E-state index in [1.54, 1.807) is 23.5 Å². The molecule has 2 aromatic rings. The summed E-state index contributed by atoms with van der Waals surface area (Å²) in [5.41, 5.74) is 1.38. The van der Waals surface area contributed by atoms with Gasteiger partial charge in [0.2, 0.25) is 5.91 Å². The topological polar surface area (TPSA) is 76.2 Å². The van der Waals surface area contributed by atoms with E-state index in [2.05, 4.69) is 13.8 Å². The van der Waals surface area contributed by atoms with Crippen LogP contribution in [0.2, 0.25) is 0 Å². The van der Waals surface area contributed by atoms with Crippen LogP contribution in [0.5, 0.6) is 5.75 Å². The Bertz CT molecular complexity index is 971. The van der Waals surface area contributed by atoms with E-state index in [-0.39, 0.29) is 30.2 Å². The quantitative estimate of drug-likeness (QED) is 0.566. The molecule has 0 bridgehead atoms. The molecule has 1 aromatic carbocycles. The monoisotopic (exact) mass is 458 g/mol. The molecular formula is C24H30N2O5S. The number of ether oxygens (including phenoxy) is 2. The lowest BCUT2D eigenvalue weighted by Gasteiger charge is -2.26. The molecule has 1 fully saturated rings. The normalized spacial score (nSPS) is 16.9. The molecule has 0 aliphatic carbocycles. The highest BCUT2D eigenvalue weighted by molar-refractivity contribution is 7.12. The maximum Gasteiger partial charge on any atom is 0.255 e. The zero-order valence-electron chi connectivity index (χ0n) is 19.0. The number of methoxy groups -OCH3 is 1. The van der Waals surface area contributed by atoms with Crippen molar-refractivity contribution in [3.8, 4) is 5.75 Å². The second kappa shape index (κ2) is 10.7. The highest BCUT2D eigenvalue weighted by Gasteiger charge is 2.32. The van der Waals surface area contributed by atoms with Crippen molar-refractivity contribution in [1.29, 1.82) is 0 Å². The van der Waals surface area contributed by atoms with Crippen LogP contribution in [-0.2, 0) is 16.1 Å². The Hall–Kier alpha value is -2.71. The van der Waals surface area contributed by atoms with Crippen LogP contribution in [0.25, 0.3) is 0 Å². The molecule has 3 rings (SSSR count). The summed E-state index contributed by atoms with van der Waals surface area (Å²) in [4.78, 5) is 41.5. The first kappa shape index (κ1) is 23.9. The largest absolute Gasteiger partial charge is 0.497 e. The summed E-state index contributed by atoms with van der Waals surface area (Å²) in [5, 5.41) is 1.67. The van der Waals surface area contributed by atoms with Crippen LogP contribution in [0.1, 0.15) is 46.4 Å². The Morgan fingerprint density at radius 3 is 2.66 bits per heavy atom. The van der Waals surface area contributed by atoms with Crippen molar-refractivity contribution in [3.05, 3.63) is 51.7 Å². The first-order valence-corrected chi connectivity index (χ1v) is 11.6. The molecule has 1 aliphatic rings. The minimum atomic E-state index is -0.332. The molecule has 0 N–H and O–H groups in total. The van der Waals surface area contributed by atoms with Gasteiger partial charge in [-0.05, 0) is 36.6 Å². The Balaban J connectivity index is 1.77. The second-order valence-corrected chi connectivity index (χ2v) is 9.33. The van der Waals surface area contributed by atoms with Crippen LogP contribution in [0.3, 0.4) is 0 Å². The highest BCUT2D eigenvalue weighted by Crippen LogP contribution is 2.20. The SMILES string of the molecule is COc1cccc(CO[C@@H]2CN(CC(C)C)C(=O)CN(C(=O)c3csc(C(C)=O)c3)C2)c1. The molecule has 0 saturated carbocycles. The van der Waals surface area contributed by atoms with Crippen molar-refractivity contribution in [3.63, 3.8) is 0 Å². The molecule has 8 heteroatoms. The van der Waals surface area contributed by atoms with Gasteiger partial charge in [-0.25, -0.2) is 0 Å². The van der Waals surface area contributed by atoms with Crippen molar-refractivity contribution in [2.45, 2.75) is 33.5 Å². The average Bonchev–Trinajstić information content (AvgIpc) is 3.20. The van der Waals surface area contributed by atoms with Crippen molar-refractivity contribution in [2.24, 2.45) is 5.92 Å². The van der Waals surface area contributed by atoms with Crippen LogP contribution >= 0.6 is 11.3 Å². The Labute approximate surface area is 192 Å². The molecule has 0 radical (unpaired) electrons. The molecule has 172 valence electrons. The smallest absolute Gasteiger partial charge is 0.255 e. The lowest BCUT2D eigenvalue weighted by Crippen LogP contribution is -2.40. The number of nitrogens with zero attached hydrogens (tertiary/aromatic N) is 2. The summed E-state index contributed by atoms with van der Waals surface area (Å²) in [5.74, 6) is 0.614. The van der Waals surface area contributed by atoms with E-state index < -0.39 is 0 Å². The molecule has 1 aliphatic heterocycles. The van der Waals surface area contributed by atoms with Gasteiger partial charge < -0.3 is 19.3 Å². The van der Waals surface area contributed by atoms with Crippen LogP contribution in [0.4, 0.5) is 0 Å². The fourth-order valence-electron chi connectivity index (χ4n) is 3.65. The molecule has 0 unspecified atom stereocenters. The zero-order chi connectivity index (χ0) is 23.3. The Morgan fingerprint density at radius 1 is 1.22 bits per heavy atom. The molecule has 1 saturated heterocycles. The Kier molecular flexibility index (Phi) is 8.04. The number of ketones is 1. The number of carbonyl (C=O) groups excluding carboxylic acids is 3. The number of thiophene rings is 1. The van der Waals surface area contributed by atoms with Gasteiger partial charge in [-0.2, -0.15) is 0 Å². The highest BCUT2D eigenvalue weighted by atomic mass is 32.1. The molecule has 1 aromatic heterocycles. The van der Waals surface area contributed by atoms with Gasteiger partial charge in [-0.15, -0.1) is 11.3 Å². The van der Waals surface area contributed by atoms with Crippen molar-refractivity contribution >= 4 is 28.9 Å². The number of hydrogen-bond acceptors (Lipinski definition) is 6. The van der Waals surface area contributed by atoms with Crippen LogP contribution in [-0.4, -0.2) is 66.8 Å². The van der Waals surface area contributed by atoms with E-state index in [4.69, 9.17) is 9.47 Å². The third-order valence-electron chi connectivity index (χ3n) is 5.21. The molecular weight excluding hydrogens is 428 g/mol. The van der Waals surface area contributed by atoms with Gasteiger partial charge in [-0.1, -0.05) is 26.0 Å². The van der Waals surface area contributed by atoms with Gasteiger partial charge in [0.25, 0.3) is 5.91 Å². The van der Waals surface area contributed by atoms with E-state index in [1.165, 1.54) is 23.2 Å². The van der Waals surface area contributed by atoms with Crippen molar-refractivity contribution < 1.29 is 23.9 Å². The lowest BCUT2D eigenvalue weighted by molar-refractivity contribution is -0.132. The summed E-state index contributed by atoms with van der Waals surface area (Å²) >= 11 is 1.24. The molecule has 7 nitrogen and oxygen atoms in total. The number of amides is 2. The minimum absolute atomic E-state index is 0.00414. The standard InChI is InChI=1S/C24H30N2O5S/c1-16(2)10-25-11-21(31-14-18-6-5-7-20(8-18)30-4)12-26(13-23(25)28)24(29)19-9-22(17(3)27)32-15-19/h5-9,15-16,21H,10-14H2,1-4H3/t21-/m1/s1. The lowest BCUT2D eigenvalue weighted by atomic mass is 10.2. The van der Waals surface area contributed by atoms with E-state index >= 15 is 0 Å². The van der Waals surface area contributed by atoms with Crippen LogP contribution in [0, 0.1) is 5.92 Å². The first-order valence-electron chi connectivity index (χ1n) is 10.7. The fraction of sp³-hybridized carbons (Fsp3) is 0.458. The zero-order valence-corrected chi connectivity index (χ0v) is 19.8. The van der Waals surface area contributed by atoms with Crippen molar-refractivity contribution in [1.82, 2.24) is 9.80 Å². The van der Waals surface area contributed by atoms with E-state index in [1.807, 2.05) is 24.3 Å². The second-order valence-electron chi connectivity index (χ2n) is 8.42. The Morgan fingerprint density at radius 2 is 2.00 bits per heavy atom. The third kappa shape index (κ3) is 6.17. The molecule has 0 spiro atoms. The summed E-state index contributed by atoms with van der Waals surface area (Å²) in [6.07, 6.45) is -0.332. The fourth-order valence-corrected chi connectivity index (χ4v) is 4.43. The van der Waals surface area contributed by atoms with Gasteiger partial charge >= 0.3 is 0 Å². The molecule has 1 atom stereocenters. The maximum atomic E-state index is 13.1. The molecule has 32 heavy (non-hydrogen) atoms. The number of carbonyl (C=O) groups is 3. The van der Waals surface area contributed by atoms with E-state index in [0.29, 0.717) is 42.6 Å². The summed E-state index contributed by atoms with van der Waals surface area (Å²) < 4.78 is 11.4. The average molecular weight is 459 g/mol. The van der Waals surface area contributed by atoms with Gasteiger partial charge in [0.15, 0.2) is 5.78 Å². The van der Waals surface area contributed by atoms with Crippen LogP contribution < -0.4 is 4.74 Å². The van der Waals surface area contributed by atoms with Gasteiger partial charge in [0, 0.05) is 25.0 Å². The maximum absolute atomic E-state index is 13.1. The third-order valence-corrected chi connectivity index (χ3v) is 6.24.